The van der Waals surface area contributed by atoms with E-state index in [1.54, 1.807) is 6.08 Å². The van der Waals surface area contributed by atoms with Crippen molar-refractivity contribution in [3.8, 4) is 0 Å². The number of carbonyl (C=O) groups is 1. The van der Waals surface area contributed by atoms with Crippen molar-refractivity contribution in [2.45, 2.75) is 19.4 Å². The summed E-state index contributed by atoms with van der Waals surface area (Å²) in [5.41, 5.74) is 1.18. The van der Waals surface area contributed by atoms with E-state index in [-0.39, 0.29) is 5.78 Å². The molecule has 0 spiro atoms. The molecule has 0 saturated carbocycles. The highest BCUT2D eigenvalue weighted by molar-refractivity contribution is 5.90. The molecule has 0 saturated heterocycles. The van der Waals surface area contributed by atoms with Crippen LogP contribution in [0, 0.1) is 5.92 Å². The van der Waals surface area contributed by atoms with Gasteiger partial charge in [0.25, 0.3) is 0 Å². The molecule has 0 amide bonds. The Morgan fingerprint density at radius 2 is 2.06 bits per heavy atom. The maximum atomic E-state index is 11.2. The third-order valence-electron chi connectivity index (χ3n) is 2.73. The summed E-state index contributed by atoms with van der Waals surface area (Å²) in [6, 6.07) is 10.1. The Kier molecular flexibility index (Phi) is 3.89. The number of hydrogen-bond donors (Lipinski definition) is 0. The van der Waals surface area contributed by atoms with Crippen LogP contribution in [-0.4, -0.2) is 12.4 Å². The fourth-order valence-electron chi connectivity index (χ4n) is 1.87. The van der Waals surface area contributed by atoms with Crippen molar-refractivity contribution >= 4 is 5.78 Å². The molecule has 1 atom stereocenters. The van der Waals surface area contributed by atoms with Crippen molar-refractivity contribution in [1.82, 2.24) is 0 Å². The van der Waals surface area contributed by atoms with E-state index in [2.05, 4.69) is 0 Å². The first-order chi connectivity index (χ1) is 7.84. The second kappa shape index (κ2) is 5.61. The van der Waals surface area contributed by atoms with Crippen LogP contribution in [0.25, 0.3) is 0 Å². The van der Waals surface area contributed by atoms with Crippen LogP contribution in [-0.2, 0) is 16.1 Å². The quantitative estimate of drug-likeness (QED) is 0.773. The van der Waals surface area contributed by atoms with Crippen LogP contribution in [0.5, 0.6) is 0 Å². The summed E-state index contributed by atoms with van der Waals surface area (Å²) < 4.78 is 5.62. The van der Waals surface area contributed by atoms with E-state index < -0.39 is 0 Å². The van der Waals surface area contributed by atoms with E-state index in [1.165, 1.54) is 5.56 Å². The van der Waals surface area contributed by atoms with Crippen LogP contribution in [0.15, 0.2) is 42.5 Å². The molecule has 1 aromatic rings. The standard InChI is InChI=1S/C14H16O2/c15-14-8-4-7-13(9-14)11-16-10-12-5-2-1-3-6-12/h1-6,8,13H,7,9-11H2. The zero-order valence-corrected chi connectivity index (χ0v) is 9.26. The number of carbonyl (C=O) groups excluding carboxylic acids is 1. The SMILES string of the molecule is O=C1C=CCC(COCc2ccccc2)C1. The van der Waals surface area contributed by atoms with Gasteiger partial charge in [-0.05, 0) is 24.0 Å². The lowest BCUT2D eigenvalue weighted by Crippen LogP contribution is -2.16. The number of hydrogen-bond acceptors (Lipinski definition) is 2. The summed E-state index contributed by atoms with van der Waals surface area (Å²) in [5, 5.41) is 0. The van der Waals surface area contributed by atoms with Crippen molar-refractivity contribution in [1.29, 1.82) is 0 Å². The van der Waals surface area contributed by atoms with Crippen molar-refractivity contribution < 1.29 is 9.53 Å². The second-order valence-corrected chi connectivity index (χ2v) is 4.18. The summed E-state index contributed by atoms with van der Waals surface area (Å²) in [4.78, 5) is 11.2. The topological polar surface area (TPSA) is 26.3 Å². The molecule has 2 heteroatoms. The molecule has 1 aromatic carbocycles. The Balaban J connectivity index is 1.72. The Labute approximate surface area is 95.9 Å². The van der Waals surface area contributed by atoms with Crippen molar-refractivity contribution in [2.24, 2.45) is 5.92 Å². The molecule has 0 bridgehead atoms. The first kappa shape index (κ1) is 11.1. The summed E-state index contributed by atoms with van der Waals surface area (Å²) in [6.07, 6.45) is 5.21. The molecule has 16 heavy (non-hydrogen) atoms. The number of benzene rings is 1. The van der Waals surface area contributed by atoms with Crippen molar-refractivity contribution in [3.05, 3.63) is 48.0 Å². The average molecular weight is 216 g/mol. The predicted octanol–water partition coefficient (Wildman–Crippen LogP) is 2.74. The first-order valence-corrected chi connectivity index (χ1v) is 5.65. The van der Waals surface area contributed by atoms with E-state index in [0.717, 1.165) is 6.42 Å². The van der Waals surface area contributed by atoms with Gasteiger partial charge in [-0.25, -0.2) is 0 Å². The van der Waals surface area contributed by atoms with Gasteiger partial charge >= 0.3 is 0 Å². The molecular weight excluding hydrogens is 200 g/mol. The largest absolute Gasteiger partial charge is 0.376 e. The minimum atomic E-state index is 0.222. The Bertz CT molecular complexity index is 368. The van der Waals surface area contributed by atoms with Crippen LogP contribution < -0.4 is 0 Å². The molecule has 0 aliphatic heterocycles. The van der Waals surface area contributed by atoms with E-state index in [4.69, 9.17) is 4.74 Å². The molecule has 84 valence electrons. The van der Waals surface area contributed by atoms with Gasteiger partial charge in [0.15, 0.2) is 5.78 Å². The molecule has 1 unspecified atom stereocenters. The van der Waals surface area contributed by atoms with Crippen LogP contribution in [0.4, 0.5) is 0 Å². The summed E-state index contributed by atoms with van der Waals surface area (Å²) in [7, 11) is 0. The highest BCUT2D eigenvalue weighted by Gasteiger charge is 2.15. The lowest BCUT2D eigenvalue weighted by Gasteiger charge is -2.16. The highest BCUT2D eigenvalue weighted by atomic mass is 16.5. The number of ketones is 1. The molecule has 1 aliphatic rings. The lowest BCUT2D eigenvalue weighted by molar-refractivity contribution is -0.116. The van der Waals surface area contributed by atoms with E-state index >= 15 is 0 Å². The third kappa shape index (κ3) is 3.31. The fourth-order valence-corrected chi connectivity index (χ4v) is 1.87. The van der Waals surface area contributed by atoms with E-state index in [0.29, 0.717) is 25.6 Å². The monoisotopic (exact) mass is 216 g/mol. The molecule has 0 N–H and O–H groups in total. The number of ether oxygens (including phenoxy) is 1. The maximum absolute atomic E-state index is 11.2. The highest BCUT2D eigenvalue weighted by Crippen LogP contribution is 2.16. The number of allylic oxidation sites excluding steroid dienone is 2. The van der Waals surface area contributed by atoms with Gasteiger partial charge in [0.1, 0.15) is 0 Å². The smallest absolute Gasteiger partial charge is 0.155 e. The number of rotatable bonds is 4. The van der Waals surface area contributed by atoms with Gasteiger partial charge in [-0.2, -0.15) is 0 Å². The van der Waals surface area contributed by atoms with Crippen molar-refractivity contribution in [2.75, 3.05) is 6.61 Å². The summed E-state index contributed by atoms with van der Waals surface area (Å²) in [6.45, 7) is 1.31. The van der Waals surface area contributed by atoms with Gasteiger partial charge in [-0.3, -0.25) is 4.79 Å². The minimum absolute atomic E-state index is 0.222. The van der Waals surface area contributed by atoms with Gasteiger partial charge in [0, 0.05) is 6.42 Å². The molecule has 0 aromatic heterocycles. The van der Waals surface area contributed by atoms with Gasteiger partial charge in [0.2, 0.25) is 0 Å². The molecule has 2 nitrogen and oxygen atoms in total. The van der Waals surface area contributed by atoms with E-state index in [1.807, 2.05) is 36.4 Å². The fraction of sp³-hybridized carbons (Fsp3) is 0.357. The van der Waals surface area contributed by atoms with Crippen LogP contribution >= 0.6 is 0 Å². The van der Waals surface area contributed by atoms with Gasteiger partial charge in [0.05, 0.1) is 13.2 Å². The van der Waals surface area contributed by atoms with Crippen LogP contribution in [0.1, 0.15) is 18.4 Å². The molecule has 0 fully saturated rings. The Morgan fingerprint density at radius 1 is 1.25 bits per heavy atom. The Hall–Kier alpha value is -1.41. The molecule has 2 rings (SSSR count). The van der Waals surface area contributed by atoms with Gasteiger partial charge in [-0.1, -0.05) is 36.4 Å². The molecule has 0 heterocycles. The zero-order chi connectivity index (χ0) is 11.2. The lowest BCUT2D eigenvalue weighted by atomic mass is 9.94. The van der Waals surface area contributed by atoms with Gasteiger partial charge in [-0.15, -0.1) is 0 Å². The van der Waals surface area contributed by atoms with Gasteiger partial charge < -0.3 is 4.74 Å². The van der Waals surface area contributed by atoms with Crippen LogP contribution in [0.2, 0.25) is 0 Å². The normalized spacial score (nSPS) is 20.0. The minimum Gasteiger partial charge on any atom is -0.376 e. The molecule has 1 aliphatic carbocycles. The van der Waals surface area contributed by atoms with E-state index in [9.17, 15) is 4.79 Å². The average Bonchev–Trinajstić information content (AvgIpc) is 2.30. The maximum Gasteiger partial charge on any atom is 0.155 e. The van der Waals surface area contributed by atoms with Crippen molar-refractivity contribution in [3.63, 3.8) is 0 Å². The second-order valence-electron chi connectivity index (χ2n) is 4.18. The first-order valence-electron chi connectivity index (χ1n) is 5.65. The molecule has 0 radical (unpaired) electrons. The zero-order valence-electron chi connectivity index (χ0n) is 9.26. The third-order valence-corrected chi connectivity index (χ3v) is 2.73. The Morgan fingerprint density at radius 3 is 2.81 bits per heavy atom. The molecular formula is C14H16O2. The predicted molar refractivity (Wildman–Crippen MR) is 63.0 cm³/mol. The van der Waals surface area contributed by atoms with Crippen LogP contribution in [0.3, 0.4) is 0 Å². The summed E-state index contributed by atoms with van der Waals surface area (Å²) >= 11 is 0. The summed E-state index contributed by atoms with van der Waals surface area (Å²) in [5.74, 6) is 0.584.